The van der Waals surface area contributed by atoms with Gasteiger partial charge in [-0.15, -0.1) is 0 Å². The highest BCUT2D eigenvalue weighted by molar-refractivity contribution is 5.99. The fourth-order valence-electron chi connectivity index (χ4n) is 0.974. The average molecular weight is 175 g/mol. The average Bonchev–Trinajstić information content (AvgIpc) is 2.18. The van der Waals surface area contributed by atoms with Crippen molar-refractivity contribution in [3.05, 3.63) is 46.3 Å². The van der Waals surface area contributed by atoms with Crippen LogP contribution in [0.1, 0.15) is 17.3 Å². The van der Waals surface area contributed by atoms with E-state index in [4.69, 9.17) is 5.53 Å². The van der Waals surface area contributed by atoms with Crippen molar-refractivity contribution in [2.24, 2.45) is 5.11 Å². The van der Waals surface area contributed by atoms with Crippen molar-refractivity contribution in [2.45, 2.75) is 13.0 Å². The van der Waals surface area contributed by atoms with Crippen LogP contribution in [0.15, 0.2) is 35.4 Å². The van der Waals surface area contributed by atoms with E-state index >= 15 is 0 Å². The number of benzene rings is 1. The van der Waals surface area contributed by atoms with Crippen molar-refractivity contribution < 1.29 is 4.79 Å². The van der Waals surface area contributed by atoms with E-state index in [9.17, 15) is 4.79 Å². The summed E-state index contributed by atoms with van der Waals surface area (Å²) in [7, 11) is 0. The second kappa shape index (κ2) is 4.28. The van der Waals surface area contributed by atoms with Gasteiger partial charge in [-0.3, -0.25) is 4.79 Å². The van der Waals surface area contributed by atoms with Crippen LogP contribution in [0.3, 0.4) is 0 Å². The molecule has 0 fully saturated rings. The summed E-state index contributed by atoms with van der Waals surface area (Å²) in [6.07, 6.45) is 0. The molecule has 1 atom stereocenters. The second-order valence-electron chi connectivity index (χ2n) is 2.61. The highest BCUT2D eigenvalue weighted by Crippen LogP contribution is 2.05. The van der Waals surface area contributed by atoms with Crippen molar-refractivity contribution in [2.75, 3.05) is 0 Å². The first-order valence-electron chi connectivity index (χ1n) is 3.89. The van der Waals surface area contributed by atoms with E-state index in [-0.39, 0.29) is 5.78 Å². The molecule has 0 aliphatic rings. The normalized spacial score (nSPS) is 11.5. The molecular weight excluding hydrogens is 166 g/mol. The molecule has 0 aliphatic carbocycles. The molecule has 4 nitrogen and oxygen atoms in total. The van der Waals surface area contributed by atoms with Crippen molar-refractivity contribution in [1.29, 1.82) is 0 Å². The Bertz CT molecular complexity index is 341. The standard InChI is InChI=1S/C9H9N3O/c1-7(11-12-10)9(13)8-5-3-2-4-6-8/h2-7H,1H3. The van der Waals surface area contributed by atoms with Gasteiger partial charge in [0.15, 0.2) is 5.78 Å². The maximum atomic E-state index is 11.5. The maximum absolute atomic E-state index is 11.5. The van der Waals surface area contributed by atoms with Crippen molar-refractivity contribution >= 4 is 5.78 Å². The van der Waals surface area contributed by atoms with Crippen LogP contribution < -0.4 is 0 Å². The quantitative estimate of drug-likeness (QED) is 0.301. The monoisotopic (exact) mass is 175 g/mol. The van der Waals surface area contributed by atoms with Crippen LogP contribution in [-0.4, -0.2) is 11.8 Å². The molecule has 66 valence electrons. The third kappa shape index (κ3) is 2.32. The fourth-order valence-corrected chi connectivity index (χ4v) is 0.974. The van der Waals surface area contributed by atoms with E-state index < -0.39 is 6.04 Å². The minimum absolute atomic E-state index is 0.154. The summed E-state index contributed by atoms with van der Waals surface area (Å²) < 4.78 is 0. The molecule has 0 heterocycles. The van der Waals surface area contributed by atoms with Crippen LogP contribution in [-0.2, 0) is 0 Å². The summed E-state index contributed by atoms with van der Waals surface area (Å²) in [6.45, 7) is 1.58. The smallest absolute Gasteiger partial charge is 0.171 e. The largest absolute Gasteiger partial charge is 0.294 e. The van der Waals surface area contributed by atoms with E-state index in [1.807, 2.05) is 6.07 Å². The molecule has 0 spiro atoms. The third-order valence-corrected chi connectivity index (χ3v) is 1.66. The van der Waals surface area contributed by atoms with Crippen LogP contribution in [0.5, 0.6) is 0 Å². The number of hydrogen-bond donors (Lipinski definition) is 0. The second-order valence-corrected chi connectivity index (χ2v) is 2.61. The van der Waals surface area contributed by atoms with Crippen molar-refractivity contribution in [1.82, 2.24) is 0 Å². The Hall–Kier alpha value is -1.80. The van der Waals surface area contributed by atoms with Gasteiger partial charge >= 0.3 is 0 Å². The number of carbonyl (C=O) groups is 1. The molecule has 1 aromatic carbocycles. The van der Waals surface area contributed by atoms with Gasteiger partial charge in [0.2, 0.25) is 0 Å². The van der Waals surface area contributed by atoms with Crippen LogP contribution in [0.2, 0.25) is 0 Å². The summed E-state index contributed by atoms with van der Waals surface area (Å²) in [4.78, 5) is 14.1. The van der Waals surface area contributed by atoms with Crippen LogP contribution >= 0.6 is 0 Å². The predicted octanol–water partition coefficient (Wildman–Crippen LogP) is 2.57. The first kappa shape index (κ1) is 9.29. The first-order valence-corrected chi connectivity index (χ1v) is 3.89. The van der Waals surface area contributed by atoms with Gasteiger partial charge in [0.1, 0.15) is 0 Å². The number of hydrogen-bond acceptors (Lipinski definition) is 2. The maximum Gasteiger partial charge on any atom is 0.171 e. The number of nitrogens with zero attached hydrogens (tertiary/aromatic N) is 3. The van der Waals surface area contributed by atoms with Gasteiger partial charge in [0.25, 0.3) is 0 Å². The number of azide groups is 1. The topological polar surface area (TPSA) is 65.8 Å². The van der Waals surface area contributed by atoms with Gasteiger partial charge in [-0.25, -0.2) is 0 Å². The lowest BCUT2D eigenvalue weighted by atomic mass is 10.1. The van der Waals surface area contributed by atoms with Crippen molar-refractivity contribution in [3.63, 3.8) is 0 Å². The number of carbonyl (C=O) groups excluding carboxylic acids is 1. The van der Waals surface area contributed by atoms with Gasteiger partial charge < -0.3 is 0 Å². The lowest BCUT2D eigenvalue weighted by molar-refractivity contribution is 0.0968. The van der Waals surface area contributed by atoms with E-state index in [0.717, 1.165) is 0 Å². The predicted molar refractivity (Wildman–Crippen MR) is 49.4 cm³/mol. The van der Waals surface area contributed by atoms with Crippen molar-refractivity contribution in [3.8, 4) is 0 Å². The van der Waals surface area contributed by atoms with Gasteiger partial charge in [-0.05, 0) is 12.5 Å². The molecule has 0 saturated carbocycles. The Labute approximate surface area is 75.8 Å². The zero-order chi connectivity index (χ0) is 9.68. The van der Waals surface area contributed by atoms with Gasteiger partial charge in [-0.2, -0.15) is 0 Å². The lowest BCUT2D eigenvalue weighted by Crippen LogP contribution is -2.13. The van der Waals surface area contributed by atoms with Crippen LogP contribution in [0.4, 0.5) is 0 Å². The first-order chi connectivity index (χ1) is 6.25. The minimum atomic E-state index is -0.632. The fraction of sp³-hybridized carbons (Fsp3) is 0.222. The molecule has 1 unspecified atom stereocenters. The Kier molecular flexibility index (Phi) is 3.06. The Balaban J connectivity index is 2.86. The SMILES string of the molecule is CC(N=[N+]=[N-])C(=O)c1ccccc1. The van der Waals surface area contributed by atoms with Crippen LogP contribution in [0.25, 0.3) is 10.4 Å². The molecule has 0 aromatic heterocycles. The molecule has 0 bridgehead atoms. The summed E-state index contributed by atoms with van der Waals surface area (Å²) in [6, 6.07) is 8.14. The van der Waals surface area contributed by atoms with E-state index in [1.54, 1.807) is 31.2 Å². The highest BCUT2D eigenvalue weighted by atomic mass is 16.1. The Morgan fingerprint density at radius 3 is 2.62 bits per heavy atom. The summed E-state index contributed by atoms with van der Waals surface area (Å²) in [5.74, 6) is -0.154. The molecule has 0 aliphatic heterocycles. The number of Topliss-reactive ketones (excluding diaryl/α,β-unsaturated/α-hetero) is 1. The molecule has 1 aromatic rings. The molecule has 13 heavy (non-hydrogen) atoms. The van der Waals surface area contributed by atoms with Crippen LogP contribution in [0, 0.1) is 0 Å². The van der Waals surface area contributed by atoms with Gasteiger partial charge in [0, 0.05) is 10.5 Å². The summed E-state index contributed by atoms with van der Waals surface area (Å²) in [5.41, 5.74) is 8.71. The molecular formula is C9H9N3O. The molecule has 0 saturated heterocycles. The van der Waals surface area contributed by atoms with E-state index in [1.165, 1.54) is 0 Å². The molecule has 0 amide bonds. The minimum Gasteiger partial charge on any atom is -0.294 e. The summed E-state index contributed by atoms with van der Waals surface area (Å²) in [5, 5.41) is 3.33. The lowest BCUT2D eigenvalue weighted by Gasteiger charge is -2.02. The number of rotatable bonds is 3. The molecule has 0 radical (unpaired) electrons. The van der Waals surface area contributed by atoms with Gasteiger partial charge in [0.05, 0.1) is 6.04 Å². The highest BCUT2D eigenvalue weighted by Gasteiger charge is 2.11. The Morgan fingerprint density at radius 2 is 2.08 bits per heavy atom. The molecule has 4 heteroatoms. The molecule has 1 rings (SSSR count). The van der Waals surface area contributed by atoms with Gasteiger partial charge in [-0.1, -0.05) is 35.4 Å². The Morgan fingerprint density at radius 1 is 1.46 bits per heavy atom. The van der Waals surface area contributed by atoms with E-state index in [2.05, 4.69) is 10.0 Å². The summed E-state index contributed by atoms with van der Waals surface area (Å²) >= 11 is 0. The number of ketones is 1. The van der Waals surface area contributed by atoms with E-state index in [0.29, 0.717) is 5.56 Å². The zero-order valence-corrected chi connectivity index (χ0v) is 7.21. The zero-order valence-electron chi connectivity index (χ0n) is 7.21. The molecule has 0 N–H and O–H groups in total. The third-order valence-electron chi connectivity index (χ3n) is 1.66.